The number of hydrogen-bond donors (Lipinski definition) is 2. The Hall–Kier alpha value is -5.54. The summed E-state index contributed by atoms with van der Waals surface area (Å²) >= 11 is 0. The number of ether oxygens (including phenoxy) is 3. The first-order valence-electron chi connectivity index (χ1n) is 15.7. The van der Waals surface area contributed by atoms with Gasteiger partial charge in [-0.2, -0.15) is 10.1 Å². The molecule has 6 heterocycles. The lowest BCUT2D eigenvalue weighted by molar-refractivity contribution is -0.0363. The van der Waals surface area contributed by atoms with Gasteiger partial charge >= 0.3 is 0 Å². The van der Waals surface area contributed by atoms with Crippen molar-refractivity contribution < 1.29 is 23.0 Å². The van der Waals surface area contributed by atoms with Crippen molar-refractivity contribution in [2.24, 2.45) is 7.05 Å². The number of nitrogens with zero attached hydrogens (tertiary/aromatic N) is 11. The number of halogens is 2. The molecule has 0 spiro atoms. The molecule has 2 fully saturated rings. The summed E-state index contributed by atoms with van der Waals surface area (Å²) in [4.78, 5) is 21.5. The van der Waals surface area contributed by atoms with Crippen LogP contribution in [0.3, 0.4) is 0 Å². The summed E-state index contributed by atoms with van der Waals surface area (Å²) in [7, 11) is 4.82. The van der Waals surface area contributed by atoms with Crippen molar-refractivity contribution in [3.8, 4) is 23.2 Å². The lowest BCUT2D eigenvalue weighted by Gasteiger charge is -2.25. The van der Waals surface area contributed by atoms with E-state index in [0.29, 0.717) is 60.4 Å². The number of anilines is 5. The van der Waals surface area contributed by atoms with Gasteiger partial charge in [-0.05, 0) is 43.0 Å². The molecule has 1 aromatic carbocycles. The number of rotatable bonds is 10. The Bertz CT molecular complexity index is 2020. The third-order valence-corrected chi connectivity index (χ3v) is 8.45. The number of alkyl halides is 2. The normalized spacial score (nSPS) is 17.9. The van der Waals surface area contributed by atoms with Crippen LogP contribution in [0, 0.1) is 11.3 Å². The summed E-state index contributed by atoms with van der Waals surface area (Å²) in [6.07, 6.45) is 0.928. The number of nitrogens with one attached hydrogen (secondary N) is 2. The first-order chi connectivity index (χ1) is 23.9. The molecule has 0 aliphatic carbocycles. The number of imidazole rings is 1. The molecule has 2 aliphatic rings. The van der Waals surface area contributed by atoms with Crippen LogP contribution < -0.4 is 20.3 Å². The fourth-order valence-corrected chi connectivity index (χ4v) is 6.17. The molecule has 0 bridgehead atoms. The first kappa shape index (κ1) is 32.0. The van der Waals surface area contributed by atoms with Crippen molar-refractivity contribution in [3.63, 3.8) is 0 Å². The number of fused-ring (bicyclic) bond motifs is 1. The van der Waals surface area contributed by atoms with Gasteiger partial charge in [-0.3, -0.25) is 4.57 Å². The summed E-state index contributed by atoms with van der Waals surface area (Å²) < 4.78 is 47.7. The van der Waals surface area contributed by atoms with E-state index < -0.39 is 18.5 Å². The van der Waals surface area contributed by atoms with E-state index in [2.05, 4.69) is 47.1 Å². The molecule has 2 atom stereocenters. The van der Waals surface area contributed by atoms with Crippen LogP contribution >= 0.6 is 0 Å². The second kappa shape index (κ2) is 13.5. The Morgan fingerprint density at radius 1 is 1.08 bits per heavy atom. The summed E-state index contributed by atoms with van der Waals surface area (Å²) in [6, 6.07) is 9.09. The van der Waals surface area contributed by atoms with Crippen LogP contribution in [-0.2, 0) is 16.5 Å². The van der Waals surface area contributed by atoms with Gasteiger partial charge in [0.1, 0.15) is 23.6 Å². The van der Waals surface area contributed by atoms with Gasteiger partial charge in [-0.25, -0.2) is 28.7 Å². The highest BCUT2D eigenvalue weighted by molar-refractivity contribution is 5.92. The molecule has 18 heteroatoms. The zero-order chi connectivity index (χ0) is 34.1. The van der Waals surface area contributed by atoms with Crippen LogP contribution in [0.15, 0.2) is 30.5 Å². The lowest BCUT2D eigenvalue weighted by Crippen LogP contribution is -2.24. The minimum atomic E-state index is -2.90. The molecule has 254 valence electrons. The van der Waals surface area contributed by atoms with Gasteiger partial charge in [0.2, 0.25) is 5.82 Å². The number of hydrogen-bond acceptors (Lipinski definition) is 14. The molecule has 0 saturated carbocycles. The molecule has 0 radical (unpaired) electrons. The van der Waals surface area contributed by atoms with Crippen LogP contribution in [0.5, 0.6) is 5.75 Å². The van der Waals surface area contributed by atoms with Gasteiger partial charge in [0, 0.05) is 32.9 Å². The molecular formula is C31H33F2N13O3. The van der Waals surface area contributed by atoms with E-state index in [1.165, 1.54) is 22.7 Å². The molecule has 7 rings (SSSR count). The Balaban J connectivity index is 1.32. The largest absolute Gasteiger partial charge is 0.494 e. The van der Waals surface area contributed by atoms with Crippen LogP contribution in [0.4, 0.5) is 37.6 Å². The number of pyridine rings is 1. The number of aryl methyl sites for hydroxylation is 1. The van der Waals surface area contributed by atoms with Crippen molar-refractivity contribution >= 4 is 40.0 Å². The molecule has 0 amide bonds. The zero-order valence-electron chi connectivity index (χ0n) is 27.0. The molecular weight excluding hydrogens is 640 g/mol. The summed E-state index contributed by atoms with van der Waals surface area (Å²) in [5.74, 6) is 1.21. The molecule has 49 heavy (non-hydrogen) atoms. The standard InChI is InChI=1S/C31H33F2N13O3/c1-44-42-28(41-43-44)18-7-6-8-19(26(18)48-3)36-20-13-22(38-23-15-35-29(21(14-34)37-23)45-11-10-17(16-45)47-2)39-30-25(20)40-31(27(32)33)46(30)24-9-4-5-12-49-24/h6-8,13,15,17,24,27H,4-5,9-12,16H2,1-3H3,(H2,36,37,38,39)/t17-,24?/m1/s1. The number of aromatic nitrogens is 9. The third kappa shape index (κ3) is 6.25. The first-order valence-corrected chi connectivity index (χ1v) is 15.7. The van der Waals surface area contributed by atoms with Gasteiger partial charge in [0.05, 0.1) is 43.4 Å². The van der Waals surface area contributed by atoms with Crippen molar-refractivity contribution in [2.45, 2.75) is 44.4 Å². The van der Waals surface area contributed by atoms with Crippen molar-refractivity contribution in [1.82, 2.24) is 44.7 Å². The maximum Gasteiger partial charge on any atom is 0.295 e. The van der Waals surface area contributed by atoms with Gasteiger partial charge in [-0.1, -0.05) is 6.07 Å². The number of nitriles is 1. The maximum absolute atomic E-state index is 14.6. The molecule has 2 saturated heterocycles. The molecule has 16 nitrogen and oxygen atoms in total. The summed E-state index contributed by atoms with van der Waals surface area (Å²) in [6.45, 7) is 1.70. The van der Waals surface area contributed by atoms with Crippen LogP contribution in [-0.4, -0.2) is 84.7 Å². The van der Waals surface area contributed by atoms with E-state index in [-0.39, 0.29) is 34.6 Å². The van der Waals surface area contributed by atoms with Crippen LogP contribution in [0.25, 0.3) is 22.6 Å². The van der Waals surface area contributed by atoms with E-state index >= 15 is 0 Å². The van der Waals surface area contributed by atoms with E-state index in [4.69, 9.17) is 19.2 Å². The highest BCUT2D eigenvalue weighted by Gasteiger charge is 2.30. The Morgan fingerprint density at radius 3 is 2.65 bits per heavy atom. The van der Waals surface area contributed by atoms with Crippen molar-refractivity contribution in [3.05, 3.63) is 42.0 Å². The Morgan fingerprint density at radius 2 is 1.96 bits per heavy atom. The zero-order valence-corrected chi connectivity index (χ0v) is 27.0. The number of benzene rings is 1. The fraction of sp³-hybridized carbons (Fsp3) is 0.419. The average molecular weight is 674 g/mol. The monoisotopic (exact) mass is 673 g/mol. The van der Waals surface area contributed by atoms with E-state index in [1.807, 2.05) is 4.90 Å². The Kier molecular flexibility index (Phi) is 8.84. The average Bonchev–Trinajstić information content (AvgIpc) is 3.87. The summed E-state index contributed by atoms with van der Waals surface area (Å²) in [5, 5.41) is 28.7. The van der Waals surface area contributed by atoms with Crippen molar-refractivity contribution in [1.29, 1.82) is 5.26 Å². The van der Waals surface area contributed by atoms with Crippen molar-refractivity contribution in [2.75, 3.05) is 49.4 Å². The van der Waals surface area contributed by atoms with Gasteiger partial charge in [0.15, 0.2) is 34.6 Å². The maximum atomic E-state index is 14.6. The van der Waals surface area contributed by atoms with Gasteiger partial charge < -0.3 is 29.7 Å². The molecule has 2 N–H and O–H groups in total. The smallest absolute Gasteiger partial charge is 0.295 e. The second-order valence-electron chi connectivity index (χ2n) is 11.6. The number of tetrazole rings is 1. The predicted molar refractivity (Wildman–Crippen MR) is 173 cm³/mol. The molecule has 1 unspecified atom stereocenters. The second-order valence-corrected chi connectivity index (χ2v) is 11.6. The van der Waals surface area contributed by atoms with E-state index in [1.54, 1.807) is 38.4 Å². The minimum absolute atomic E-state index is 0.0420. The molecule has 5 aromatic rings. The van der Waals surface area contributed by atoms with E-state index in [9.17, 15) is 14.0 Å². The topological polar surface area (TPSA) is 179 Å². The van der Waals surface area contributed by atoms with E-state index in [0.717, 1.165) is 19.3 Å². The lowest BCUT2D eigenvalue weighted by atomic mass is 10.1. The molecule has 4 aromatic heterocycles. The SMILES string of the molecule is COc1c(Nc2cc(Nc3cnc(N4CC[C@@H](OC)C4)c(C#N)n3)nc3c2nc(C(F)F)n3C2CCCCO2)cccc1-c1nnn(C)n1. The Labute approximate surface area is 279 Å². The van der Waals surface area contributed by atoms with Crippen LogP contribution in [0.2, 0.25) is 0 Å². The van der Waals surface area contributed by atoms with Crippen LogP contribution in [0.1, 0.15) is 49.9 Å². The molecule has 2 aliphatic heterocycles. The highest BCUT2D eigenvalue weighted by Crippen LogP contribution is 2.40. The quantitative estimate of drug-likeness (QED) is 0.209. The predicted octanol–water partition coefficient (Wildman–Crippen LogP) is 4.64. The number of methoxy groups -OCH3 is 2. The number of para-hydroxylation sites is 1. The highest BCUT2D eigenvalue weighted by atomic mass is 19.3. The van der Waals surface area contributed by atoms with Gasteiger partial charge in [0.25, 0.3) is 6.43 Å². The minimum Gasteiger partial charge on any atom is -0.494 e. The summed E-state index contributed by atoms with van der Waals surface area (Å²) in [5.41, 5.74) is 1.89. The van der Waals surface area contributed by atoms with Gasteiger partial charge in [-0.15, -0.1) is 10.2 Å². The third-order valence-electron chi connectivity index (χ3n) is 8.45. The fourth-order valence-electron chi connectivity index (χ4n) is 6.17.